The summed E-state index contributed by atoms with van der Waals surface area (Å²) in [7, 11) is 0. The minimum absolute atomic E-state index is 0.389. The van der Waals surface area contributed by atoms with Crippen LogP contribution in [0.1, 0.15) is 38.5 Å². The fourth-order valence-electron chi connectivity index (χ4n) is 2.25. The largest absolute Gasteiger partial charge is 0.376 e. The predicted molar refractivity (Wildman–Crippen MR) is 65.0 cm³/mol. The highest BCUT2D eigenvalue weighted by Gasteiger charge is 2.25. The standard InChI is InChI=1S/C11H19IO2/c12-10-5-1-2-6-11(10)14-8-9-4-3-7-13-9/h9-11H,1-8H2. The molecule has 0 bridgehead atoms. The van der Waals surface area contributed by atoms with Gasteiger partial charge in [0.25, 0.3) is 0 Å². The van der Waals surface area contributed by atoms with E-state index < -0.39 is 0 Å². The zero-order valence-corrected chi connectivity index (χ0v) is 10.7. The lowest BCUT2D eigenvalue weighted by atomic mass is 9.98. The quantitative estimate of drug-likeness (QED) is 0.589. The first-order valence-electron chi connectivity index (χ1n) is 5.73. The Hall–Kier alpha value is 0.650. The highest BCUT2D eigenvalue weighted by molar-refractivity contribution is 14.1. The average molecular weight is 310 g/mol. The Morgan fingerprint density at radius 1 is 1.14 bits per heavy atom. The van der Waals surface area contributed by atoms with Crippen molar-refractivity contribution in [3.63, 3.8) is 0 Å². The van der Waals surface area contributed by atoms with E-state index in [9.17, 15) is 0 Å². The molecule has 0 amide bonds. The minimum atomic E-state index is 0.389. The summed E-state index contributed by atoms with van der Waals surface area (Å²) < 4.78 is 12.2. The second-order valence-corrected chi connectivity index (χ2v) is 5.91. The van der Waals surface area contributed by atoms with Crippen molar-refractivity contribution in [3.05, 3.63) is 0 Å². The van der Waals surface area contributed by atoms with Gasteiger partial charge in [0.05, 0.1) is 18.8 Å². The van der Waals surface area contributed by atoms with Crippen LogP contribution in [0.15, 0.2) is 0 Å². The highest BCUT2D eigenvalue weighted by atomic mass is 127. The van der Waals surface area contributed by atoms with Crippen LogP contribution in [0.2, 0.25) is 0 Å². The molecule has 0 N–H and O–H groups in total. The molecule has 2 aliphatic rings. The van der Waals surface area contributed by atoms with Gasteiger partial charge in [-0.15, -0.1) is 0 Å². The zero-order chi connectivity index (χ0) is 9.80. The molecule has 1 saturated heterocycles. The average Bonchev–Trinajstić information content (AvgIpc) is 2.69. The fraction of sp³-hybridized carbons (Fsp3) is 1.00. The summed E-state index contributed by atoms with van der Waals surface area (Å²) in [6, 6.07) is 0. The van der Waals surface area contributed by atoms with E-state index in [4.69, 9.17) is 9.47 Å². The normalized spacial score (nSPS) is 38.8. The van der Waals surface area contributed by atoms with E-state index in [1.165, 1.54) is 38.5 Å². The van der Waals surface area contributed by atoms with Crippen molar-refractivity contribution in [2.45, 2.75) is 54.7 Å². The summed E-state index contributed by atoms with van der Waals surface area (Å²) in [5.74, 6) is 0. The molecule has 1 aliphatic carbocycles. The Kier molecular flexibility index (Phi) is 4.50. The summed E-state index contributed by atoms with van der Waals surface area (Å²) in [4.78, 5) is 0. The van der Waals surface area contributed by atoms with E-state index in [1.54, 1.807) is 0 Å². The van der Waals surface area contributed by atoms with Crippen LogP contribution in [-0.2, 0) is 9.47 Å². The summed E-state index contributed by atoms with van der Waals surface area (Å²) >= 11 is 2.54. The lowest BCUT2D eigenvalue weighted by molar-refractivity contribution is -0.0280. The number of hydrogen-bond acceptors (Lipinski definition) is 2. The highest BCUT2D eigenvalue weighted by Crippen LogP contribution is 2.27. The van der Waals surface area contributed by atoms with Gasteiger partial charge in [0.2, 0.25) is 0 Å². The third-order valence-electron chi connectivity index (χ3n) is 3.14. The third-order valence-corrected chi connectivity index (χ3v) is 4.57. The summed E-state index contributed by atoms with van der Waals surface area (Å²) in [6.07, 6.45) is 8.60. The Morgan fingerprint density at radius 2 is 2.00 bits per heavy atom. The first kappa shape index (κ1) is 11.1. The number of halogens is 1. The van der Waals surface area contributed by atoms with Gasteiger partial charge >= 0.3 is 0 Å². The van der Waals surface area contributed by atoms with Crippen LogP contribution in [0.3, 0.4) is 0 Å². The van der Waals surface area contributed by atoms with E-state index in [1.807, 2.05) is 0 Å². The predicted octanol–water partition coefficient (Wildman–Crippen LogP) is 2.93. The SMILES string of the molecule is IC1CCCCC1OCC1CCCO1. The summed E-state index contributed by atoms with van der Waals surface area (Å²) in [5.41, 5.74) is 0. The van der Waals surface area contributed by atoms with Crippen LogP contribution >= 0.6 is 22.6 Å². The fourth-order valence-corrected chi connectivity index (χ4v) is 3.25. The van der Waals surface area contributed by atoms with Gasteiger partial charge in [-0.25, -0.2) is 0 Å². The van der Waals surface area contributed by atoms with E-state index in [2.05, 4.69) is 22.6 Å². The van der Waals surface area contributed by atoms with Crippen molar-refractivity contribution in [1.82, 2.24) is 0 Å². The molecule has 3 heteroatoms. The molecule has 0 aromatic carbocycles. The summed E-state index contributed by atoms with van der Waals surface area (Å²) in [6.45, 7) is 1.76. The molecule has 1 aliphatic heterocycles. The number of ether oxygens (including phenoxy) is 2. The smallest absolute Gasteiger partial charge is 0.0809 e. The minimum Gasteiger partial charge on any atom is -0.376 e. The van der Waals surface area contributed by atoms with Gasteiger partial charge < -0.3 is 9.47 Å². The lowest BCUT2D eigenvalue weighted by Crippen LogP contribution is -2.30. The molecule has 2 rings (SSSR count). The van der Waals surface area contributed by atoms with Crippen molar-refractivity contribution in [1.29, 1.82) is 0 Å². The zero-order valence-electron chi connectivity index (χ0n) is 8.58. The van der Waals surface area contributed by atoms with Gasteiger partial charge in [0.15, 0.2) is 0 Å². The maximum Gasteiger partial charge on any atom is 0.0809 e. The van der Waals surface area contributed by atoms with Gasteiger partial charge in [0, 0.05) is 10.5 Å². The van der Waals surface area contributed by atoms with Crippen LogP contribution in [0, 0.1) is 0 Å². The maximum atomic E-state index is 5.95. The van der Waals surface area contributed by atoms with Gasteiger partial charge in [0.1, 0.15) is 0 Å². The molecular formula is C11H19IO2. The first-order valence-corrected chi connectivity index (χ1v) is 6.98. The van der Waals surface area contributed by atoms with Crippen molar-refractivity contribution < 1.29 is 9.47 Å². The molecule has 0 aromatic heterocycles. The molecule has 2 nitrogen and oxygen atoms in total. The molecule has 2 fully saturated rings. The maximum absolute atomic E-state index is 5.95. The Bertz CT molecular complexity index is 169. The lowest BCUT2D eigenvalue weighted by Gasteiger charge is -2.28. The van der Waals surface area contributed by atoms with Gasteiger partial charge in [-0.1, -0.05) is 35.4 Å². The topological polar surface area (TPSA) is 18.5 Å². The molecule has 0 radical (unpaired) electrons. The Labute approximate surface area is 99.9 Å². The molecule has 0 aromatic rings. The summed E-state index contributed by atoms with van der Waals surface area (Å²) in [5, 5.41) is 0. The van der Waals surface area contributed by atoms with Crippen LogP contribution < -0.4 is 0 Å². The molecule has 1 saturated carbocycles. The number of hydrogen-bond donors (Lipinski definition) is 0. The van der Waals surface area contributed by atoms with Gasteiger partial charge in [-0.05, 0) is 25.7 Å². The molecule has 82 valence electrons. The van der Waals surface area contributed by atoms with Crippen LogP contribution in [0.25, 0.3) is 0 Å². The van der Waals surface area contributed by atoms with Crippen molar-refractivity contribution in [3.8, 4) is 0 Å². The van der Waals surface area contributed by atoms with Crippen molar-refractivity contribution in [2.24, 2.45) is 0 Å². The van der Waals surface area contributed by atoms with Crippen molar-refractivity contribution in [2.75, 3.05) is 13.2 Å². The second kappa shape index (κ2) is 5.66. The first-order chi connectivity index (χ1) is 6.86. The molecular weight excluding hydrogens is 291 g/mol. The Balaban J connectivity index is 1.67. The van der Waals surface area contributed by atoms with Crippen molar-refractivity contribution >= 4 is 22.6 Å². The van der Waals surface area contributed by atoms with E-state index >= 15 is 0 Å². The number of alkyl halides is 1. The number of rotatable bonds is 3. The molecule has 3 unspecified atom stereocenters. The Morgan fingerprint density at radius 3 is 2.71 bits per heavy atom. The molecule has 14 heavy (non-hydrogen) atoms. The van der Waals surface area contributed by atoms with Crippen LogP contribution in [-0.4, -0.2) is 29.3 Å². The van der Waals surface area contributed by atoms with E-state index in [0.717, 1.165) is 17.1 Å². The van der Waals surface area contributed by atoms with E-state index in [0.29, 0.717) is 12.2 Å². The van der Waals surface area contributed by atoms with Crippen LogP contribution in [0.5, 0.6) is 0 Å². The second-order valence-electron chi connectivity index (χ2n) is 4.31. The molecule has 3 atom stereocenters. The third kappa shape index (κ3) is 3.07. The van der Waals surface area contributed by atoms with Gasteiger partial charge in [-0.3, -0.25) is 0 Å². The molecule has 1 heterocycles. The van der Waals surface area contributed by atoms with E-state index in [-0.39, 0.29) is 0 Å². The monoisotopic (exact) mass is 310 g/mol. The van der Waals surface area contributed by atoms with Crippen LogP contribution in [0.4, 0.5) is 0 Å². The van der Waals surface area contributed by atoms with Gasteiger partial charge in [-0.2, -0.15) is 0 Å². The molecule has 0 spiro atoms.